The molecule has 0 saturated heterocycles. The zero-order chi connectivity index (χ0) is 20.9. The number of methoxy groups -OCH3 is 1. The molecule has 0 aliphatic carbocycles. The first-order valence-corrected chi connectivity index (χ1v) is 10.6. The Bertz CT molecular complexity index is 1040. The van der Waals surface area contributed by atoms with E-state index in [-0.39, 0.29) is 17.7 Å². The Kier molecular flexibility index (Phi) is 6.09. The van der Waals surface area contributed by atoms with Crippen molar-refractivity contribution in [2.75, 3.05) is 12.9 Å². The number of aryl methyl sites for hydroxylation is 1. The molecule has 3 aromatic rings. The fraction of sp³-hybridized carbons (Fsp3) is 0.217. The second-order valence-corrected chi connectivity index (χ2v) is 7.91. The van der Waals surface area contributed by atoms with Crippen LogP contribution in [0.25, 0.3) is 0 Å². The van der Waals surface area contributed by atoms with E-state index in [0.29, 0.717) is 11.6 Å². The molecule has 30 heavy (non-hydrogen) atoms. The molecule has 6 nitrogen and oxygen atoms in total. The second-order valence-electron chi connectivity index (χ2n) is 6.96. The van der Waals surface area contributed by atoms with Crippen LogP contribution in [0.5, 0.6) is 5.75 Å². The van der Waals surface area contributed by atoms with Gasteiger partial charge in [0, 0.05) is 18.8 Å². The Balaban J connectivity index is 1.58. The van der Waals surface area contributed by atoms with Gasteiger partial charge in [0.1, 0.15) is 5.75 Å². The van der Waals surface area contributed by atoms with Crippen LogP contribution in [0.15, 0.2) is 77.2 Å². The van der Waals surface area contributed by atoms with Gasteiger partial charge in [0.15, 0.2) is 5.16 Å². The number of nitrogens with zero attached hydrogens (tertiary/aromatic N) is 4. The first-order valence-electron chi connectivity index (χ1n) is 9.64. The lowest BCUT2D eigenvalue weighted by molar-refractivity contribution is -0.130. The summed E-state index contributed by atoms with van der Waals surface area (Å²) in [5, 5.41) is 6.90. The minimum Gasteiger partial charge on any atom is -0.497 e. The Morgan fingerprint density at radius 1 is 1.10 bits per heavy atom. The van der Waals surface area contributed by atoms with Crippen molar-refractivity contribution in [3.63, 3.8) is 0 Å². The van der Waals surface area contributed by atoms with Crippen LogP contribution in [-0.2, 0) is 4.79 Å². The summed E-state index contributed by atoms with van der Waals surface area (Å²) in [5.41, 5.74) is 4.13. The highest BCUT2D eigenvalue weighted by molar-refractivity contribution is 7.99. The van der Waals surface area contributed by atoms with Crippen molar-refractivity contribution in [3.05, 3.63) is 83.7 Å². The average Bonchev–Trinajstić information content (AvgIpc) is 3.24. The van der Waals surface area contributed by atoms with Crippen LogP contribution in [0.3, 0.4) is 0 Å². The maximum absolute atomic E-state index is 13.1. The molecule has 0 bridgehead atoms. The highest BCUT2D eigenvalue weighted by atomic mass is 32.2. The maximum atomic E-state index is 13.1. The van der Waals surface area contributed by atoms with E-state index in [9.17, 15) is 4.79 Å². The number of carbonyl (C=O) groups is 1. The van der Waals surface area contributed by atoms with Gasteiger partial charge in [-0.15, -0.1) is 0 Å². The van der Waals surface area contributed by atoms with E-state index in [1.165, 1.54) is 17.3 Å². The van der Waals surface area contributed by atoms with Crippen molar-refractivity contribution in [2.24, 2.45) is 5.10 Å². The molecule has 1 aliphatic heterocycles. The van der Waals surface area contributed by atoms with Gasteiger partial charge in [-0.2, -0.15) is 5.10 Å². The molecule has 2 aromatic carbocycles. The van der Waals surface area contributed by atoms with Gasteiger partial charge >= 0.3 is 0 Å². The Morgan fingerprint density at radius 2 is 1.80 bits per heavy atom. The number of thioether (sulfide) groups is 1. The number of rotatable bonds is 6. The Morgan fingerprint density at radius 3 is 2.47 bits per heavy atom. The van der Waals surface area contributed by atoms with E-state index in [4.69, 9.17) is 9.84 Å². The lowest BCUT2D eigenvalue weighted by Gasteiger charge is -2.22. The Hall–Kier alpha value is -3.19. The van der Waals surface area contributed by atoms with Crippen LogP contribution in [0, 0.1) is 6.92 Å². The largest absolute Gasteiger partial charge is 0.497 e. The molecule has 1 aliphatic rings. The third-order valence-electron chi connectivity index (χ3n) is 4.92. The number of carbonyl (C=O) groups excluding carboxylic acids is 1. The summed E-state index contributed by atoms with van der Waals surface area (Å²) in [6.45, 7) is 2.05. The maximum Gasteiger partial charge on any atom is 0.253 e. The van der Waals surface area contributed by atoms with Crippen LogP contribution >= 0.6 is 11.8 Å². The fourth-order valence-electron chi connectivity index (χ4n) is 3.30. The van der Waals surface area contributed by atoms with Crippen molar-refractivity contribution < 1.29 is 9.53 Å². The zero-order valence-corrected chi connectivity index (χ0v) is 17.7. The van der Waals surface area contributed by atoms with Crippen molar-refractivity contribution in [1.82, 2.24) is 15.0 Å². The number of hydrogen-bond donors (Lipinski definition) is 0. The molecular formula is C23H22N4O2S. The second kappa shape index (κ2) is 9.09. The molecule has 1 aromatic heterocycles. The normalized spacial score (nSPS) is 15.7. The van der Waals surface area contributed by atoms with E-state index in [1.807, 2.05) is 24.3 Å². The number of hydrazone groups is 1. The number of hydrogen-bond acceptors (Lipinski definition) is 6. The lowest BCUT2D eigenvalue weighted by Crippen LogP contribution is -2.28. The third-order valence-corrected chi connectivity index (χ3v) is 5.78. The molecule has 7 heteroatoms. The third kappa shape index (κ3) is 4.52. The fourth-order valence-corrected chi connectivity index (χ4v) is 3.95. The van der Waals surface area contributed by atoms with E-state index in [1.54, 1.807) is 30.6 Å². The predicted molar refractivity (Wildman–Crippen MR) is 118 cm³/mol. The van der Waals surface area contributed by atoms with Gasteiger partial charge in [0.2, 0.25) is 0 Å². The number of ether oxygens (including phenoxy) is 1. The SMILES string of the molecule is COc1ccc(C2=NN(C(=O)CSc3ncccn3)[C@H](c3ccc(C)cc3)C2)cc1. The molecule has 4 rings (SSSR count). The van der Waals surface area contributed by atoms with Crippen LogP contribution in [0.4, 0.5) is 0 Å². The summed E-state index contributed by atoms with van der Waals surface area (Å²) in [4.78, 5) is 21.4. The first kappa shape index (κ1) is 20.1. The summed E-state index contributed by atoms with van der Waals surface area (Å²) in [7, 11) is 1.64. The minimum atomic E-state index is -0.132. The predicted octanol–water partition coefficient (Wildman–Crippen LogP) is 4.26. The molecule has 0 unspecified atom stereocenters. The average molecular weight is 419 g/mol. The summed E-state index contributed by atoms with van der Waals surface area (Å²) < 4.78 is 5.25. The van der Waals surface area contributed by atoms with Gasteiger partial charge in [-0.25, -0.2) is 15.0 Å². The van der Waals surface area contributed by atoms with Crippen LogP contribution in [-0.4, -0.2) is 39.5 Å². The van der Waals surface area contributed by atoms with Crippen LogP contribution in [0.2, 0.25) is 0 Å². The van der Waals surface area contributed by atoms with Crippen molar-refractivity contribution in [3.8, 4) is 5.75 Å². The van der Waals surface area contributed by atoms with Gasteiger partial charge in [-0.1, -0.05) is 41.6 Å². The standard InChI is InChI=1S/C23H22N4O2S/c1-16-4-6-18(7-5-16)21-14-20(17-8-10-19(29-2)11-9-17)26-27(21)22(28)15-30-23-24-12-3-13-25-23/h3-13,21H,14-15H2,1-2H3/t21-/m0/s1. The van der Waals surface area contributed by atoms with E-state index >= 15 is 0 Å². The molecule has 0 spiro atoms. The van der Waals surface area contributed by atoms with Crippen molar-refractivity contribution >= 4 is 23.4 Å². The highest BCUT2D eigenvalue weighted by Crippen LogP contribution is 2.34. The molecule has 2 heterocycles. The van der Waals surface area contributed by atoms with Crippen LogP contribution < -0.4 is 4.74 Å². The monoisotopic (exact) mass is 418 g/mol. The Labute approximate surface area is 180 Å². The summed E-state index contributed by atoms with van der Waals surface area (Å²) in [6.07, 6.45) is 4.00. The molecule has 0 radical (unpaired) electrons. The van der Waals surface area contributed by atoms with Gasteiger partial charge < -0.3 is 4.74 Å². The number of aromatic nitrogens is 2. The molecule has 0 N–H and O–H groups in total. The molecule has 152 valence electrons. The van der Waals surface area contributed by atoms with Crippen molar-refractivity contribution in [2.45, 2.75) is 24.5 Å². The molecular weight excluding hydrogens is 396 g/mol. The smallest absolute Gasteiger partial charge is 0.253 e. The summed E-state index contributed by atoms with van der Waals surface area (Å²) >= 11 is 1.32. The van der Waals surface area contributed by atoms with Gasteiger partial charge in [0.05, 0.1) is 24.6 Å². The van der Waals surface area contributed by atoms with Crippen molar-refractivity contribution in [1.29, 1.82) is 0 Å². The first-order chi connectivity index (χ1) is 14.6. The van der Waals surface area contributed by atoms with Gasteiger partial charge in [-0.05, 0) is 48.4 Å². The van der Waals surface area contributed by atoms with Gasteiger partial charge in [-0.3, -0.25) is 4.79 Å². The summed E-state index contributed by atoms with van der Waals surface area (Å²) in [6, 6.07) is 17.7. The number of amides is 1. The van der Waals surface area contributed by atoms with Crippen LogP contribution in [0.1, 0.15) is 29.2 Å². The minimum absolute atomic E-state index is 0.0680. The number of benzene rings is 2. The highest BCUT2D eigenvalue weighted by Gasteiger charge is 2.33. The quantitative estimate of drug-likeness (QED) is 0.442. The molecule has 1 atom stereocenters. The van der Waals surface area contributed by atoms with E-state index in [2.05, 4.69) is 41.2 Å². The topological polar surface area (TPSA) is 67.7 Å². The summed E-state index contributed by atoms with van der Waals surface area (Å²) in [5.74, 6) is 0.951. The lowest BCUT2D eigenvalue weighted by atomic mass is 9.97. The zero-order valence-electron chi connectivity index (χ0n) is 16.9. The van der Waals surface area contributed by atoms with E-state index < -0.39 is 0 Å². The molecule has 1 amide bonds. The molecule has 0 fully saturated rings. The van der Waals surface area contributed by atoms with E-state index in [0.717, 1.165) is 22.6 Å². The van der Waals surface area contributed by atoms with Gasteiger partial charge in [0.25, 0.3) is 5.91 Å². The molecule has 0 saturated carbocycles.